The number of ether oxygens (including phenoxy) is 1. The van der Waals surface area contributed by atoms with E-state index in [1.807, 2.05) is 24.3 Å². The van der Waals surface area contributed by atoms with Crippen molar-refractivity contribution in [2.75, 3.05) is 18.5 Å². The van der Waals surface area contributed by atoms with Gasteiger partial charge in [-0.3, -0.25) is 0 Å². The van der Waals surface area contributed by atoms with Crippen LogP contribution < -0.4 is 5.32 Å². The summed E-state index contributed by atoms with van der Waals surface area (Å²) in [4.78, 5) is 0. The predicted octanol–water partition coefficient (Wildman–Crippen LogP) is 1.77. The molecule has 2 N–H and O–H groups in total. The van der Waals surface area contributed by atoms with Crippen LogP contribution in [0.5, 0.6) is 0 Å². The van der Waals surface area contributed by atoms with Crippen molar-refractivity contribution in [3.05, 3.63) is 29.8 Å². The fraction of sp³-hybridized carbons (Fsp3) is 0.500. The number of anilines is 1. The minimum Gasteiger partial charge on any atom is -0.392 e. The lowest BCUT2D eigenvalue weighted by molar-refractivity contribution is 0.120. The second-order valence-corrected chi connectivity index (χ2v) is 3.87. The van der Waals surface area contributed by atoms with Crippen LogP contribution in [0.1, 0.15) is 18.4 Å². The van der Waals surface area contributed by atoms with Crippen LogP contribution in [0.3, 0.4) is 0 Å². The largest absolute Gasteiger partial charge is 0.392 e. The molecule has 15 heavy (non-hydrogen) atoms. The van der Waals surface area contributed by atoms with E-state index in [1.165, 1.54) is 6.42 Å². The van der Waals surface area contributed by atoms with Gasteiger partial charge in [-0.05, 0) is 30.5 Å². The fourth-order valence-electron chi connectivity index (χ4n) is 1.77. The Labute approximate surface area is 90.1 Å². The van der Waals surface area contributed by atoms with Crippen molar-refractivity contribution in [2.45, 2.75) is 25.6 Å². The third kappa shape index (κ3) is 2.94. The molecular formula is C12H17NO2. The van der Waals surface area contributed by atoms with Gasteiger partial charge in [0, 0.05) is 18.8 Å². The van der Waals surface area contributed by atoms with E-state index >= 15 is 0 Å². The van der Waals surface area contributed by atoms with Gasteiger partial charge in [0.25, 0.3) is 0 Å². The highest BCUT2D eigenvalue weighted by atomic mass is 16.5. The summed E-state index contributed by atoms with van der Waals surface area (Å²) in [5.41, 5.74) is 2.03. The molecule has 0 aliphatic carbocycles. The highest BCUT2D eigenvalue weighted by molar-refractivity contribution is 5.44. The lowest BCUT2D eigenvalue weighted by atomic mass is 10.2. The van der Waals surface area contributed by atoms with Gasteiger partial charge in [-0.15, -0.1) is 0 Å². The molecule has 2 rings (SSSR count). The Bertz CT molecular complexity index is 291. The number of hydrogen-bond acceptors (Lipinski definition) is 3. The molecule has 1 unspecified atom stereocenters. The average Bonchev–Trinajstić information content (AvgIpc) is 2.80. The molecule has 0 saturated carbocycles. The molecule has 1 aliphatic rings. The predicted molar refractivity (Wildman–Crippen MR) is 59.8 cm³/mol. The van der Waals surface area contributed by atoms with Crippen molar-refractivity contribution < 1.29 is 9.84 Å². The molecule has 3 nitrogen and oxygen atoms in total. The lowest BCUT2D eigenvalue weighted by Crippen LogP contribution is -2.18. The minimum absolute atomic E-state index is 0.103. The van der Waals surface area contributed by atoms with E-state index in [2.05, 4.69) is 5.32 Å². The van der Waals surface area contributed by atoms with E-state index in [0.717, 1.165) is 30.8 Å². The zero-order valence-corrected chi connectivity index (χ0v) is 8.78. The summed E-state index contributed by atoms with van der Waals surface area (Å²) >= 11 is 0. The van der Waals surface area contributed by atoms with Gasteiger partial charge >= 0.3 is 0 Å². The number of aliphatic hydroxyl groups excluding tert-OH is 1. The molecule has 0 amide bonds. The number of benzene rings is 1. The van der Waals surface area contributed by atoms with Crippen LogP contribution in [0.15, 0.2) is 24.3 Å². The van der Waals surface area contributed by atoms with Crippen molar-refractivity contribution in [1.82, 2.24) is 0 Å². The van der Waals surface area contributed by atoms with E-state index in [1.54, 1.807) is 0 Å². The van der Waals surface area contributed by atoms with Gasteiger partial charge < -0.3 is 15.2 Å². The first-order valence-electron chi connectivity index (χ1n) is 5.44. The molecule has 1 heterocycles. The molecule has 1 atom stereocenters. The Kier molecular flexibility index (Phi) is 3.59. The summed E-state index contributed by atoms with van der Waals surface area (Å²) in [6.07, 6.45) is 2.69. The van der Waals surface area contributed by atoms with E-state index in [4.69, 9.17) is 9.84 Å². The Hall–Kier alpha value is -1.06. The summed E-state index contributed by atoms with van der Waals surface area (Å²) < 4.78 is 5.52. The third-order valence-electron chi connectivity index (χ3n) is 2.69. The summed E-state index contributed by atoms with van der Waals surface area (Å²) in [6, 6.07) is 7.83. The number of nitrogens with one attached hydrogen (secondary N) is 1. The second-order valence-electron chi connectivity index (χ2n) is 3.87. The van der Waals surface area contributed by atoms with Gasteiger partial charge in [0.1, 0.15) is 0 Å². The van der Waals surface area contributed by atoms with Crippen LogP contribution in [-0.4, -0.2) is 24.4 Å². The topological polar surface area (TPSA) is 41.5 Å². The first-order chi connectivity index (χ1) is 7.38. The first kappa shape index (κ1) is 10.5. The summed E-state index contributed by atoms with van der Waals surface area (Å²) in [7, 11) is 0. The SMILES string of the molecule is OCc1ccc(NCC2CCCO2)cc1. The Morgan fingerprint density at radius 2 is 2.13 bits per heavy atom. The van der Waals surface area contributed by atoms with Gasteiger partial charge in [-0.1, -0.05) is 12.1 Å². The molecule has 82 valence electrons. The summed E-state index contributed by atoms with van der Waals surface area (Å²) in [5, 5.41) is 12.2. The molecule has 1 fully saturated rings. The molecule has 0 bridgehead atoms. The van der Waals surface area contributed by atoms with Crippen LogP contribution in [0.4, 0.5) is 5.69 Å². The maximum Gasteiger partial charge on any atom is 0.0748 e. The molecule has 1 aromatic rings. The lowest BCUT2D eigenvalue weighted by Gasteiger charge is -2.11. The number of rotatable bonds is 4. The zero-order chi connectivity index (χ0) is 10.5. The van der Waals surface area contributed by atoms with Gasteiger partial charge in [0.05, 0.1) is 12.7 Å². The van der Waals surface area contributed by atoms with Crippen LogP contribution in [-0.2, 0) is 11.3 Å². The van der Waals surface area contributed by atoms with Gasteiger partial charge in [-0.25, -0.2) is 0 Å². The highest BCUT2D eigenvalue weighted by Gasteiger charge is 2.14. The summed E-state index contributed by atoms with van der Waals surface area (Å²) in [6.45, 7) is 1.88. The van der Waals surface area contributed by atoms with Crippen molar-refractivity contribution >= 4 is 5.69 Å². The van der Waals surface area contributed by atoms with E-state index in [0.29, 0.717) is 6.10 Å². The van der Waals surface area contributed by atoms with E-state index < -0.39 is 0 Å². The molecule has 0 radical (unpaired) electrons. The fourth-order valence-corrected chi connectivity index (χ4v) is 1.77. The minimum atomic E-state index is 0.103. The van der Waals surface area contributed by atoms with Crippen LogP contribution >= 0.6 is 0 Å². The van der Waals surface area contributed by atoms with Gasteiger partial charge in [0.2, 0.25) is 0 Å². The van der Waals surface area contributed by atoms with Crippen molar-refractivity contribution in [2.24, 2.45) is 0 Å². The maximum atomic E-state index is 8.89. The molecule has 0 spiro atoms. The van der Waals surface area contributed by atoms with Gasteiger partial charge in [-0.2, -0.15) is 0 Å². The number of hydrogen-bond donors (Lipinski definition) is 2. The molecule has 3 heteroatoms. The summed E-state index contributed by atoms with van der Waals surface area (Å²) in [5.74, 6) is 0. The first-order valence-corrected chi connectivity index (χ1v) is 5.44. The third-order valence-corrected chi connectivity index (χ3v) is 2.69. The van der Waals surface area contributed by atoms with Crippen LogP contribution in [0.25, 0.3) is 0 Å². The smallest absolute Gasteiger partial charge is 0.0748 e. The molecule has 0 aromatic heterocycles. The Morgan fingerprint density at radius 3 is 2.73 bits per heavy atom. The Balaban J connectivity index is 1.82. The average molecular weight is 207 g/mol. The van der Waals surface area contributed by atoms with E-state index in [-0.39, 0.29) is 6.61 Å². The molecule has 1 aliphatic heterocycles. The molecule has 1 saturated heterocycles. The van der Waals surface area contributed by atoms with E-state index in [9.17, 15) is 0 Å². The quantitative estimate of drug-likeness (QED) is 0.790. The van der Waals surface area contributed by atoms with Gasteiger partial charge in [0.15, 0.2) is 0 Å². The second kappa shape index (κ2) is 5.14. The molecule has 1 aromatic carbocycles. The van der Waals surface area contributed by atoms with Crippen LogP contribution in [0, 0.1) is 0 Å². The number of aliphatic hydroxyl groups is 1. The van der Waals surface area contributed by atoms with Crippen molar-refractivity contribution in [3.8, 4) is 0 Å². The normalized spacial score (nSPS) is 20.5. The zero-order valence-electron chi connectivity index (χ0n) is 8.78. The Morgan fingerprint density at radius 1 is 1.33 bits per heavy atom. The van der Waals surface area contributed by atoms with Crippen molar-refractivity contribution in [3.63, 3.8) is 0 Å². The van der Waals surface area contributed by atoms with Crippen LogP contribution in [0.2, 0.25) is 0 Å². The van der Waals surface area contributed by atoms with Crippen molar-refractivity contribution in [1.29, 1.82) is 0 Å². The highest BCUT2D eigenvalue weighted by Crippen LogP contribution is 2.14. The standard InChI is InChI=1S/C12H17NO2/c14-9-10-3-5-11(6-4-10)13-8-12-2-1-7-15-12/h3-6,12-14H,1-2,7-9H2. The maximum absolute atomic E-state index is 8.89. The molecular weight excluding hydrogens is 190 g/mol. The monoisotopic (exact) mass is 207 g/mol.